The Morgan fingerprint density at radius 2 is 1.88 bits per heavy atom. The molecule has 0 atom stereocenters. The summed E-state index contributed by atoms with van der Waals surface area (Å²) in [5.41, 5.74) is 2.78. The Balaban J connectivity index is 1.49. The maximum atomic E-state index is 12.5. The third-order valence-electron chi connectivity index (χ3n) is 4.87. The van der Waals surface area contributed by atoms with E-state index in [9.17, 15) is 4.79 Å². The van der Waals surface area contributed by atoms with Crippen molar-refractivity contribution < 1.29 is 9.53 Å². The van der Waals surface area contributed by atoms with Gasteiger partial charge in [-0.15, -0.1) is 10.2 Å². The molecule has 4 aromatic rings. The molecular formula is C25H20ClN5O2S. The van der Waals surface area contributed by atoms with Gasteiger partial charge in [-0.2, -0.15) is 5.26 Å². The van der Waals surface area contributed by atoms with Gasteiger partial charge < -0.3 is 10.1 Å². The van der Waals surface area contributed by atoms with Crippen molar-refractivity contribution >= 4 is 35.0 Å². The van der Waals surface area contributed by atoms with E-state index >= 15 is 0 Å². The molecule has 4 rings (SSSR count). The van der Waals surface area contributed by atoms with Crippen LogP contribution in [0.5, 0.6) is 5.75 Å². The zero-order valence-electron chi connectivity index (χ0n) is 18.2. The van der Waals surface area contributed by atoms with Gasteiger partial charge in [0, 0.05) is 11.4 Å². The van der Waals surface area contributed by atoms with Crippen LogP contribution in [-0.4, -0.2) is 26.4 Å². The number of hydrogen-bond donors (Lipinski definition) is 1. The maximum Gasteiger partial charge on any atom is 0.234 e. The predicted molar refractivity (Wildman–Crippen MR) is 132 cm³/mol. The number of halogens is 1. The van der Waals surface area contributed by atoms with Crippen molar-refractivity contribution in [3.63, 3.8) is 0 Å². The van der Waals surface area contributed by atoms with Gasteiger partial charge in [0.25, 0.3) is 0 Å². The summed E-state index contributed by atoms with van der Waals surface area (Å²) in [5.74, 6) is 1.28. The zero-order chi connectivity index (χ0) is 23.9. The molecule has 0 fully saturated rings. The normalized spacial score (nSPS) is 10.5. The molecule has 0 radical (unpaired) electrons. The van der Waals surface area contributed by atoms with E-state index in [2.05, 4.69) is 15.5 Å². The quantitative estimate of drug-likeness (QED) is 0.332. The molecule has 0 saturated heterocycles. The van der Waals surface area contributed by atoms with E-state index in [1.807, 2.05) is 72.2 Å². The molecular weight excluding hydrogens is 470 g/mol. The molecule has 0 unspecified atom stereocenters. The number of nitrogens with zero attached hydrogens (tertiary/aromatic N) is 4. The highest BCUT2D eigenvalue weighted by atomic mass is 35.5. The molecule has 9 heteroatoms. The summed E-state index contributed by atoms with van der Waals surface area (Å²) in [6.07, 6.45) is 0. The smallest absolute Gasteiger partial charge is 0.234 e. The van der Waals surface area contributed by atoms with Crippen LogP contribution in [0.2, 0.25) is 5.02 Å². The minimum Gasteiger partial charge on any atom is -0.485 e. The Morgan fingerprint density at radius 3 is 2.62 bits per heavy atom. The summed E-state index contributed by atoms with van der Waals surface area (Å²) < 4.78 is 7.87. The van der Waals surface area contributed by atoms with Crippen LogP contribution < -0.4 is 10.1 Å². The average Bonchev–Trinajstić information content (AvgIpc) is 3.26. The van der Waals surface area contributed by atoms with Gasteiger partial charge in [0.2, 0.25) is 5.91 Å². The van der Waals surface area contributed by atoms with Crippen molar-refractivity contribution in [1.29, 1.82) is 5.26 Å². The first-order valence-electron chi connectivity index (χ1n) is 10.4. The number of nitriles is 1. The van der Waals surface area contributed by atoms with Gasteiger partial charge in [0.15, 0.2) is 11.0 Å². The highest BCUT2D eigenvalue weighted by Gasteiger charge is 2.17. The van der Waals surface area contributed by atoms with Crippen LogP contribution in [0, 0.1) is 18.3 Å². The Labute approximate surface area is 206 Å². The van der Waals surface area contributed by atoms with Crippen LogP contribution >= 0.6 is 23.4 Å². The number of aryl methyl sites for hydroxylation is 1. The fourth-order valence-electron chi connectivity index (χ4n) is 3.20. The molecule has 0 aliphatic rings. The third kappa shape index (κ3) is 5.57. The second kappa shape index (κ2) is 10.9. The molecule has 0 spiro atoms. The standard InChI is InChI=1S/C25H20ClN5O2S/c1-17-7-5-6-10-22(17)33-15-23-29-30-25(31(23)20-8-3-2-4-9-20)34-16-24(32)28-19-12-11-18(14-27)21(26)13-19/h2-13H,15-16H2,1H3,(H,28,32). The molecule has 1 amide bonds. The fourth-order valence-corrected chi connectivity index (χ4v) is 4.19. The first kappa shape index (κ1) is 23.4. The summed E-state index contributed by atoms with van der Waals surface area (Å²) in [6, 6.07) is 24.2. The van der Waals surface area contributed by atoms with E-state index in [4.69, 9.17) is 21.6 Å². The summed E-state index contributed by atoms with van der Waals surface area (Å²) in [4.78, 5) is 12.5. The van der Waals surface area contributed by atoms with Crippen LogP contribution in [0.1, 0.15) is 17.0 Å². The number of carbonyl (C=O) groups excluding carboxylic acids is 1. The number of thioether (sulfide) groups is 1. The van der Waals surface area contributed by atoms with Crippen LogP contribution in [0.4, 0.5) is 5.69 Å². The Hall–Kier alpha value is -3.80. The Morgan fingerprint density at radius 1 is 1.12 bits per heavy atom. The van der Waals surface area contributed by atoms with Crippen LogP contribution in [-0.2, 0) is 11.4 Å². The second-order valence-corrected chi connectivity index (χ2v) is 8.62. The van der Waals surface area contributed by atoms with E-state index in [0.29, 0.717) is 22.2 Å². The number of ether oxygens (including phenoxy) is 1. The molecule has 0 bridgehead atoms. The van der Waals surface area contributed by atoms with Gasteiger partial charge in [-0.25, -0.2) is 0 Å². The minimum atomic E-state index is -0.230. The van der Waals surface area contributed by atoms with Gasteiger partial charge in [-0.1, -0.05) is 59.8 Å². The van der Waals surface area contributed by atoms with Crippen molar-refractivity contribution in [2.75, 3.05) is 11.1 Å². The average molecular weight is 490 g/mol. The number of rotatable bonds is 8. The lowest BCUT2D eigenvalue weighted by Crippen LogP contribution is -2.15. The largest absolute Gasteiger partial charge is 0.485 e. The summed E-state index contributed by atoms with van der Waals surface area (Å²) in [5, 5.41) is 21.3. The molecule has 1 N–H and O–H groups in total. The van der Waals surface area contributed by atoms with Crippen molar-refractivity contribution in [3.8, 4) is 17.5 Å². The number of para-hydroxylation sites is 2. The molecule has 170 valence electrons. The molecule has 0 saturated carbocycles. The lowest BCUT2D eigenvalue weighted by Gasteiger charge is -2.12. The SMILES string of the molecule is Cc1ccccc1OCc1nnc(SCC(=O)Nc2ccc(C#N)c(Cl)c2)n1-c1ccccc1. The number of anilines is 1. The molecule has 7 nitrogen and oxygen atoms in total. The number of benzene rings is 3. The first-order valence-corrected chi connectivity index (χ1v) is 11.7. The number of amides is 1. The molecule has 0 aliphatic carbocycles. The highest BCUT2D eigenvalue weighted by Crippen LogP contribution is 2.25. The van der Waals surface area contributed by atoms with Crippen molar-refractivity contribution in [3.05, 3.63) is 94.8 Å². The molecule has 34 heavy (non-hydrogen) atoms. The summed E-state index contributed by atoms with van der Waals surface area (Å²) >= 11 is 7.31. The van der Waals surface area contributed by atoms with E-state index < -0.39 is 0 Å². The van der Waals surface area contributed by atoms with Crippen molar-refractivity contribution in [2.24, 2.45) is 0 Å². The van der Waals surface area contributed by atoms with Gasteiger partial charge in [0.05, 0.1) is 16.3 Å². The molecule has 1 aromatic heterocycles. The Bertz CT molecular complexity index is 1350. The lowest BCUT2D eigenvalue weighted by molar-refractivity contribution is -0.113. The molecule has 1 heterocycles. The second-order valence-electron chi connectivity index (χ2n) is 7.27. The highest BCUT2D eigenvalue weighted by molar-refractivity contribution is 7.99. The number of nitrogens with one attached hydrogen (secondary N) is 1. The molecule has 0 aliphatic heterocycles. The first-order chi connectivity index (χ1) is 16.5. The Kier molecular flexibility index (Phi) is 7.48. The van der Waals surface area contributed by atoms with E-state index in [-0.39, 0.29) is 23.3 Å². The summed E-state index contributed by atoms with van der Waals surface area (Å²) in [6.45, 7) is 2.21. The zero-order valence-corrected chi connectivity index (χ0v) is 19.8. The van der Waals surface area contributed by atoms with E-state index in [1.165, 1.54) is 11.8 Å². The summed E-state index contributed by atoms with van der Waals surface area (Å²) in [7, 11) is 0. The van der Waals surface area contributed by atoms with Gasteiger partial charge in [-0.05, 0) is 48.9 Å². The van der Waals surface area contributed by atoms with E-state index in [1.54, 1.807) is 18.2 Å². The number of hydrogen-bond acceptors (Lipinski definition) is 6. The number of aromatic nitrogens is 3. The van der Waals surface area contributed by atoms with Crippen LogP contribution in [0.25, 0.3) is 5.69 Å². The van der Waals surface area contributed by atoms with Gasteiger partial charge in [-0.3, -0.25) is 9.36 Å². The maximum absolute atomic E-state index is 12.5. The van der Waals surface area contributed by atoms with Crippen molar-refractivity contribution in [1.82, 2.24) is 14.8 Å². The van der Waals surface area contributed by atoms with E-state index in [0.717, 1.165) is 17.0 Å². The number of carbonyl (C=O) groups is 1. The lowest BCUT2D eigenvalue weighted by atomic mass is 10.2. The van der Waals surface area contributed by atoms with Gasteiger partial charge in [0.1, 0.15) is 18.4 Å². The fraction of sp³-hybridized carbons (Fsp3) is 0.120. The molecule has 3 aromatic carbocycles. The van der Waals surface area contributed by atoms with Crippen LogP contribution in [0.3, 0.4) is 0 Å². The predicted octanol–water partition coefficient (Wildman–Crippen LogP) is 5.41. The monoisotopic (exact) mass is 489 g/mol. The van der Waals surface area contributed by atoms with Gasteiger partial charge >= 0.3 is 0 Å². The van der Waals surface area contributed by atoms with Crippen LogP contribution in [0.15, 0.2) is 78.0 Å². The van der Waals surface area contributed by atoms with Crippen molar-refractivity contribution in [2.45, 2.75) is 18.7 Å². The minimum absolute atomic E-state index is 0.112. The topological polar surface area (TPSA) is 92.8 Å². The third-order valence-corrected chi connectivity index (χ3v) is 6.11.